The molecule has 0 heterocycles. The number of hydrogen-bond donors (Lipinski definition) is 3. The first-order chi connectivity index (χ1) is 14.5. The molecule has 0 aromatic carbocycles. The molecule has 0 bridgehead atoms. The molecule has 0 spiro atoms. The zero-order valence-electron chi connectivity index (χ0n) is 20.5. The van der Waals surface area contributed by atoms with Crippen molar-refractivity contribution in [2.45, 2.75) is 104 Å². The summed E-state index contributed by atoms with van der Waals surface area (Å²) >= 11 is 0. The Morgan fingerprint density at radius 3 is 2.45 bits per heavy atom. The van der Waals surface area contributed by atoms with E-state index in [4.69, 9.17) is 0 Å². The van der Waals surface area contributed by atoms with Crippen LogP contribution in [0.2, 0.25) is 0 Å². The molecule has 0 amide bonds. The Bertz CT molecular complexity index is 707. The first-order valence-corrected chi connectivity index (χ1v) is 12.6. The maximum Gasteiger partial charge on any atom is 0.102 e. The molecule has 3 fully saturated rings. The van der Waals surface area contributed by atoms with Crippen LogP contribution in [-0.2, 0) is 0 Å². The fourth-order valence-corrected chi connectivity index (χ4v) is 6.82. The minimum absolute atomic E-state index is 0.0421. The molecule has 0 aromatic heterocycles. The van der Waals surface area contributed by atoms with Crippen LogP contribution in [0.4, 0.5) is 0 Å². The maximum atomic E-state index is 11.8. The standard InChI is InChI=1S/C28H46O3/c1-18(2)19(3)8-9-21(5)24-12-13-25-27(24,6)14-7-15-28(25,31)26(30)17-22-16-23(29)11-10-20(22)4/h8-9,17-19,21,23-26,29-31H,4,7,10-16H2,1-3,5-6H3/b9-8+,22-17-/t19-,21+,23+,24+,25+,26?,27+,28?/m0/s1. The highest BCUT2D eigenvalue weighted by Gasteiger charge is 2.59. The summed E-state index contributed by atoms with van der Waals surface area (Å²) in [6.07, 6.45) is 12.2. The van der Waals surface area contributed by atoms with Crippen LogP contribution in [0.25, 0.3) is 0 Å². The van der Waals surface area contributed by atoms with E-state index in [1.165, 1.54) is 0 Å². The average molecular weight is 431 g/mol. The lowest BCUT2D eigenvalue weighted by molar-refractivity contribution is -0.155. The van der Waals surface area contributed by atoms with E-state index in [2.05, 4.69) is 53.3 Å². The van der Waals surface area contributed by atoms with Gasteiger partial charge in [0.1, 0.15) is 6.10 Å². The van der Waals surface area contributed by atoms with E-state index in [9.17, 15) is 15.3 Å². The van der Waals surface area contributed by atoms with Gasteiger partial charge in [-0.05, 0) is 98.0 Å². The molecule has 2 unspecified atom stereocenters. The van der Waals surface area contributed by atoms with Gasteiger partial charge in [0, 0.05) is 0 Å². The summed E-state index contributed by atoms with van der Waals surface area (Å²) in [6, 6.07) is 0. The van der Waals surface area contributed by atoms with Crippen LogP contribution in [0.5, 0.6) is 0 Å². The molecule has 3 nitrogen and oxygen atoms in total. The minimum atomic E-state index is -1.09. The monoisotopic (exact) mass is 430 g/mol. The lowest BCUT2D eigenvalue weighted by Crippen LogP contribution is -2.56. The molecule has 0 radical (unpaired) electrons. The minimum Gasteiger partial charge on any atom is -0.393 e. The fourth-order valence-electron chi connectivity index (χ4n) is 6.82. The van der Waals surface area contributed by atoms with Crippen LogP contribution >= 0.6 is 0 Å². The first-order valence-electron chi connectivity index (χ1n) is 12.6. The Morgan fingerprint density at radius 2 is 1.77 bits per heavy atom. The summed E-state index contributed by atoms with van der Waals surface area (Å²) in [4.78, 5) is 0. The second kappa shape index (κ2) is 9.53. The first kappa shape index (κ1) is 24.7. The molecule has 3 aliphatic carbocycles. The van der Waals surface area contributed by atoms with E-state index >= 15 is 0 Å². The smallest absolute Gasteiger partial charge is 0.102 e. The molecule has 8 atom stereocenters. The highest BCUT2D eigenvalue weighted by atomic mass is 16.3. The van der Waals surface area contributed by atoms with Crippen LogP contribution in [0, 0.1) is 35.0 Å². The summed E-state index contributed by atoms with van der Waals surface area (Å²) in [5.74, 6) is 2.33. The van der Waals surface area contributed by atoms with Gasteiger partial charge in [-0.15, -0.1) is 0 Å². The SMILES string of the molecule is C=C1CC[C@@H](O)C/C1=C/C(O)C1(O)CCC[C@]2(C)[C@@H]([C@H](C)/C=C/[C@H](C)C(C)C)CC[C@@H]12. The van der Waals surface area contributed by atoms with Crippen molar-refractivity contribution < 1.29 is 15.3 Å². The molecule has 3 heteroatoms. The quantitative estimate of drug-likeness (QED) is 0.466. The van der Waals surface area contributed by atoms with Gasteiger partial charge in [-0.3, -0.25) is 0 Å². The Labute approximate surface area is 190 Å². The molecule has 3 N–H and O–H groups in total. The summed E-state index contributed by atoms with van der Waals surface area (Å²) in [7, 11) is 0. The van der Waals surface area contributed by atoms with E-state index in [1.807, 2.05) is 6.08 Å². The van der Waals surface area contributed by atoms with Gasteiger partial charge in [-0.25, -0.2) is 0 Å². The maximum absolute atomic E-state index is 11.8. The molecular formula is C28H46O3. The third-order valence-corrected chi connectivity index (χ3v) is 9.27. The van der Waals surface area contributed by atoms with Crippen LogP contribution in [-0.4, -0.2) is 33.1 Å². The third kappa shape index (κ3) is 4.89. The lowest BCUT2D eigenvalue weighted by Gasteiger charge is -2.52. The molecule has 0 saturated heterocycles. The van der Waals surface area contributed by atoms with Gasteiger partial charge in [0.2, 0.25) is 0 Å². The van der Waals surface area contributed by atoms with Crippen molar-refractivity contribution >= 4 is 0 Å². The van der Waals surface area contributed by atoms with Crippen molar-refractivity contribution in [3.05, 3.63) is 36.0 Å². The van der Waals surface area contributed by atoms with Gasteiger partial charge in [0.15, 0.2) is 0 Å². The van der Waals surface area contributed by atoms with Crippen molar-refractivity contribution in [1.82, 2.24) is 0 Å². The van der Waals surface area contributed by atoms with Crippen molar-refractivity contribution in [2.24, 2.45) is 35.0 Å². The largest absolute Gasteiger partial charge is 0.393 e. The van der Waals surface area contributed by atoms with E-state index in [-0.39, 0.29) is 17.4 Å². The molecule has 3 rings (SSSR count). The highest BCUT2D eigenvalue weighted by Crippen LogP contribution is 2.61. The van der Waals surface area contributed by atoms with E-state index < -0.39 is 11.7 Å². The van der Waals surface area contributed by atoms with Crippen molar-refractivity contribution in [1.29, 1.82) is 0 Å². The molecule has 3 aliphatic rings. The molecule has 176 valence electrons. The molecule has 0 aliphatic heterocycles. The molecule has 0 aromatic rings. The van der Waals surface area contributed by atoms with Crippen LogP contribution in [0.1, 0.15) is 86.0 Å². The van der Waals surface area contributed by atoms with E-state index in [1.54, 1.807) is 0 Å². The second-order valence-corrected chi connectivity index (χ2v) is 11.6. The second-order valence-electron chi connectivity index (χ2n) is 11.6. The summed E-state index contributed by atoms with van der Waals surface area (Å²) in [5, 5.41) is 33.2. The topological polar surface area (TPSA) is 60.7 Å². The van der Waals surface area contributed by atoms with E-state index in [0.717, 1.165) is 49.7 Å². The van der Waals surface area contributed by atoms with Gasteiger partial charge in [-0.1, -0.05) is 58.9 Å². The van der Waals surface area contributed by atoms with Gasteiger partial charge in [0.25, 0.3) is 0 Å². The number of fused-ring (bicyclic) bond motifs is 1. The Balaban J connectivity index is 1.80. The normalized spacial score (nSPS) is 41.0. The lowest BCUT2D eigenvalue weighted by atomic mass is 9.56. The van der Waals surface area contributed by atoms with Gasteiger partial charge >= 0.3 is 0 Å². The summed E-state index contributed by atoms with van der Waals surface area (Å²) < 4.78 is 0. The van der Waals surface area contributed by atoms with Crippen molar-refractivity contribution in [3.8, 4) is 0 Å². The molecule has 3 saturated carbocycles. The Hall–Kier alpha value is -0.900. The average Bonchev–Trinajstić information content (AvgIpc) is 3.07. The van der Waals surface area contributed by atoms with Crippen molar-refractivity contribution in [2.75, 3.05) is 0 Å². The molecular weight excluding hydrogens is 384 g/mol. The highest BCUT2D eigenvalue weighted by molar-refractivity contribution is 5.33. The predicted octanol–water partition coefficient (Wildman–Crippen LogP) is 5.81. The zero-order chi connectivity index (χ0) is 23.0. The van der Waals surface area contributed by atoms with E-state index in [0.29, 0.717) is 36.5 Å². The number of rotatable bonds is 6. The van der Waals surface area contributed by atoms with Gasteiger partial charge in [-0.2, -0.15) is 0 Å². The Morgan fingerprint density at radius 1 is 1.06 bits per heavy atom. The number of aliphatic hydroxyl groups is 3. The zero-order valence-corrected chi connectivity index (χ0v) is 20.5. The van der Waals surface area contributed by atoms with Crippen molar-refractivity contribution in [3.63, 3.8) is 0 Å². The summed E-state index contributed by atoms with van der Waals surface area (Å²) in [5.41, 5.74) is 0.876. The summed E-state index contributed by atoms with van der Waals surface area (Å²) in [6.45, 7) is 15.6. The van der Waals surface area contributed by atoms with Gasteiger partial charge < -0.3 is 15.3 Å². The number of aliphatic hydroxyl groups excluding tert-OH is 2. The molecule has 31 heavy (non-hydrogen) atoms. The predicted molar refractivity (Wildman–Crippen MR) is 129 cm³/mol. The Kier molecular flexibility index (Phi) is 7.61. The van der Waals surface area contributed by atoms with Gasteiger partial charge in [0.05, 0.1) is 11.7 Å². The number of hydrogen-bond acceptors (Lipinski definition) is 3. The number of allylic oxidation sites excluding steroid dienone is 3. The third-order valence-electron chi connectivity index (χ3n) is 9.27. The fraction of sp³-hybridized carbons (Fsp3) is 0.786. The van der Waals surface area contributed by atoms with Crippen LogP contribution in [0.3, 0.4) is 0 Å². The van der Waals surface area contributed by atoms with Crippen LogP contribution in [0.15, 0.2) is 36.0 Å². The van der Waals surface area contributed by atoms with Crippen LogP contribution < -0.4 is 0 Å².